The highest BCUT2D eigenvalue weighted by molar-refractivity contribution is 6.31. The number of nitrogens with zero attached hydrogens (tertiary/aromatic N) is 2. The van der Waals surface area contributed by atoms with Crippen molar-refractivity contribution in [3.05, 3.63) is 46.1 Å². The minimum Gasteiger partial charge on any atom is -0.394 e. The van der Waals surface area contributed by atoms with E-state index in [0.717, 1.165) is 6.07 Å². The van der Waals surface area contributed by atoms with Crippen LogP contribution >= 0.6 is 11.6 Å². The van der Waals surface area contributed by atoms with Crippen molar-refractivity contribution < 1.29 is 28.6 Å². The molecule has 0 saturated carbocycles. The quantitative estimate of drug-likeness (QED) is 0.419. The van der Waals surface area contributed by atoms with Gasteiger partial charge in [-0.15, -0.1) is 5.10 Å². The molecule has 0 saturated heterocycles. The first-order valence-corrected chi connectivity index (χ1v) is 7.67. The highest BCUT2D eigenvalue weighted by Crippen LogP contribution is 2.30. The summed E-state index contributed by atoms with van der Waals surface area (Å²) >= 11 is 5.60. The van der Waals surface area contributed by atoms with Crippen molar-refractivity contribution in [2.24, 2.45) is 0 Å². The zero-order chi connectivity index (χ0) is 19.3. The van der Waals surface area contributed by atoms with Gasteiger partial charge < -0.3 is 15.5 Å². The van der Waals surface area contributed by atoms with Gasteiger partial charge in [-0.05, 0) is 25.1 Å². The van der Waals surface area contributed by atoms with Gasteiger partial charge in [0.2, 0.25) is 0 Å². The van der Waals surface area contributed by atoms with Crippen LogP contribution in [0.1, 0.15) is 16.1 Å². The maximum atomic E-state index is 14.3. The van der Waals surface area contributed by atoms with Crippen molar-refractivity contribution in [2.75, 3.05) is 18.5 Å². The van der Waals surface area contributed by atoms with Crippen LogP contribution in [0.5, 0.6) is 0 Å². The van der Waals surface area contributed by atoms with E-state index in [9.17, 15) is 13.6 Å². The highest BCUT2D eigenvalue weighted by Gasteiger charge is 2.23. The third-order valence-electron chi connectivity index (χ3n) is 3.11. The first-order valence-electron chi connectivity index (χ1n) is 7.29. The second-order valence-electron chi connectivity index (χ2n) is 5.17. The Morgan fingerprint density at radius 3 is 2.69 bits per heavy atom. The number of aromatic nitrogens is 2. The lowest BCUT2D eigenvalue weighted by Crippen LogP contribution is -2.30. The number of aliphatic hydroxyl groups excluding tert-OH is 2. The molecule has 2 aromatic rings. The van der Waals surface area contributed by atoms with Crippen LogP contribution in [-0.4, -0.2) is 45.6 Å². The van der Waals surface area contributed by atoms with E-state index in [1.165, 1.54) is 6.07 Å². The summed E-state index contributed by atoms with van der Waals surface area (Å²) < 4.78 is 28.1. The van der Waals surface area contributed by atoms with Gasteiger partial charge in [0, 0.05) is 0 Å². The molecule has 1 atom stereocenters. The predicted molar refractivity (Wildman–Crippen MR) is 87.9 cm³/mol. The number of benzene rings is 1. The number of halogens is 3. The zero-order valence-corrected chi connectivity index (χ0v) is 14.2. The molecular formula is C15H15ClF2N4O4. The van der Waals surface area contributed by atoms with Crippen LogP contribution < -0.4 is 10.8 Å². The molecule has 1 amide bonds. The van der Waals surface area contributed by atoms with E-state index in [2.05, 4.69) is 15.5 Å². The molecule has 0 fully saturated rings. The Balaban J connectivity index is 2.29. The van der Waals surface area contributed by atoms with Crippen molar-refractivity contribution in [2.45, 2.75) is 13.0 Å². The predicted octanol–water partition coefficient (Wildman–Crippen LogP) is 1.47. The van der Waals surface area contributed by atoms with E-state index in [4.69, 9.17) is 26.7 Å². The lowest BCUT2D eigenvalue weighted by molar-refractivity contribution is -0.0295. The van der Waals surface area contributed by atoms with Gasteiger partial charge in [-0.3, -0.25) is 9.63 Å². The number of aryl methyl sites for hydroxylation is 1. The zero-order valence-electron chi connectivity index (χ0n) is 13.5. The lowest BCUT2D eigenvalue weighted by atomic mass is 10.1. The number of hydroxylamine groups is 1. The Hall–Kier alpha value is -2.40. The Bertz CT molecular complexity index is 792. The van der Waals surface area contributed by atoms with Gasteiger partial charge in [-0.2, -0.15) is 5.10 Å². The van der Waals surface area contributed by atoms with Gasteiger partial charge in [-0.25, -0.2) is 14.3 Å². The smallest absolute Gasteiger partial charge is 0.277 e. The Morgan fingerprint density at radius 2 is 2.08 bits per heavy atom. The summed E-state index contributed by atoms with van der Waals surface area (Å²) in [5.41, 5.74) is 1.66. The van der Waals surface area contributed by atoms with E-state index in [0.29, 0.717) is 5.69 Å². The van der Waals surface area contributed by atoms with Crippen LogP contribution in [0.4, 0.5) is 20.3 Å². The summed E-state index contributed by atoms with van der Waals surface area (Å²) in [4.78, 5) is 16.9. The highest BCUT2D eigenvalue weighted by atomic mass is 35.5. The Labute approximate surface area is 151 Å². The molecule has 140 valence electrons. The molecule has 1 aromatic heterocycles. The normalized spacial score (nSPS) is 11.9. The maximum absolute atomic E-state index is 14.3. The molecule has 8 nitrogen and oxygen atoms in total. The maximum Gasteiger partial charge on any atom is 0.277 e. The second-order valence-corrected chi connectivity index (χ2v) is 5.58. The number of nitrogens with one attached hydrogen (secondary N) is 2. The number of carbonyl (C=O) groups is 1. The summed E-state index contributed by atoms with van der Waals surface area (Å²) in [6.07, 6.45) is -1.22. The van der Waals surface area contributed by atoms with Crippen LogP contribution in [0.3, 0.4) is 0 Å². The summed E-state index contributed by atoms with van der Waals surface area (Å²) in [6, 6.07) is 3.95. The number of aliphatic hydroxyl groups is 2. The molecule has 4 N–H and O–H groups in total. The molecule has 0 aliphatic heterocycles. The van der Waals surface area contributed by atoms with Crippen molar-refractivity contribution in [3.8, 4) is 0 Å². The molecule has 0 radical (unpaired) electrons. The molecule has 26 heavy (non-hydrogen) atoms. The fraction of sp³-hybridized carbons (Fsp3) is 0.267. The summed E-state index contributed by atoms with van der Waals surface area (Å²) in [7, 11) is 0. The summed E-state index contributed by atoms with van der Waals surface area (Å²) in [5, 5.41) is 27.2. The van der Waals surface area contributed by atoms with Crippen molar-refractivity contribution in [1.82, 2.24) is 15.7 Å². The first-order chi connectivity index (χ1) is 12.3. The van der Waals surface area contributed by atoms with E-state index in [-0.39, 0.29) is 11.4 Å². The van der Waals surface area contributed by atoms with Gasteiger partial charge in [0.15, 0.2) is 17.5 Å². The fourth-order valence-corrected chi connectivity index (χ4v) is 1.99. The third kappa shape index (κ3) is 4.82. The second kappa shape index (κ2) is 8.81. The first kappa shape index (κ1) is 19.9. The Kier molecular flexibility index (Phi) is 6.75. The van der Waals surface area contributed by atoms with E-state index >= 15 is 0 Å². The van der Waals surface area contributed by atoms with Crippen LogP contribution in [0.2, 0.25) is 5.02 Å². The van der Waals surface area contributed by atoms with Gasteiger partial charge in [0.1, 0.15) is 12.7 Å². The number of hydrogen-bond donors (Lipinski definition) is 4. The molecule has 2 rings (SSSR count). The van der Waals surface area contributed by atoms with Gasteiger partial charge in [-0.1, -0.05) is 11.6 Å². The number of hydrogen-bond acceptors (Lipinski definition) is 7. The Morgan fingerprint density at radius 1 is 1.35 bits per heavy atom. The monoisotopic (exact) mass is 388 g/mol. The number of anilines is 2. The fourth-order valence-electron chi connectivity index (χ4n) is 1.80. The minimum atomic E-state index is -1.39. The van der Waals surface area contributed by atoms with Crippen molar-refractivity contribution in [1.29, 1.82) is 0 Å². The molecule has 1 heterocycles. The number of rotatable bonds is 7. The molecule has 0 bridgehead atoms. The summed E-state index contributed by atoms with van der Waals surface area (Å²) in [6.45, 7) is 0.702. The van der Waals surface area contributed by atoms with E-state index < -0.39 is 47.6 Å². The standard InChI is InChI=1S/C15H15ClF2N4O4/c1-7-2-3-11(21-20-7)19-14-9(4-10(16)12(17)13(14)18)15(25)22-26-6-8(24)5-23/h2-4,8,23-24H,5-6H2,1H3,(H,19,21)(H,22,25). The topological polar surface area (TPSA) is 117 Å². The molecule has 1 aromatic carbocycles. The number of amides is 1. The average Bonchev–Trinajstić information content (AvgIpc) is 2.63. The van der Waals surface area contributed by atoms with Crippen LogP contribution in [0, 0.1) is 18.6 Å². The molecular weight excluding hydrogens is 374 g/mol. The molecule has 0 aliphatic carbocycles. The lowest BCUT2D eigenvalue weighted by Gasteiger charge is -2.14. The minimum absolute atomic E-state index is 0.0712. The molecule has 1 unspecified atom stereocenters. The van der Waals surface area contributed by atoms with Gasteiger partial charge in [0.25, 0.3) is 5.91 Å². The van der Waals surface area contributed by atoms with E-state index in [1.807, 2.05) is 5.48 Å². The largest absolute Gasteiger partial charge is 0.394 e. The molecule has 11 heteroatoms. The third-order valence-corrected chi connectivity index (χ3v) is 3.38. The van der Waals surface area contributed by atoms with Crippen molar-refractivity contribution >= 4 is 29.0 Å². The SMILES string of the molecule is Cc1ccc(Nc2c(C(=O)NOCC(O)CO)cc(Cl)c(F)c2F)nn1. The van der Waals surface area contributed by atoms with Crippen LogP contribution in [0.15, 0.2) is 18.2 Å². The van der Waals surface area contributed by atoms with E-state index in [1.54, 1.807) is 13.0 Å². The van der Waals surface area contributed by atoms with Crippen LogP contribution in [-0.2, 0) is 4.84 Å². The number of carbonyl (C=O) groups excluding carboxylic acids is 1. The molecule has 0 aliphatic rings. The van der Waals surface area contributed by atoms with Crippen LogP contribution in [0.25, 0.3) is 0 Å². The van der Waals surface area contributed by atoms with Gasteiger partial charge in [0.05, 0.1) is 28.6 Å². The van der Waals surface area contributed by atoms with Crippen molar-refractivity contribution in [3.63, 3.8) is 0 Å². The molecule has 0 spiro atoms. The van der Waals surface area contributed by atoms with Gasteiger partial charge >= 0.3 is 0 Å². The average molecular weight is 389 g/mol. The summed E-state index contributed by atoms with van der Waals surface area (Å²) in [5.74, 6) is -3.62.